The fourth-order valence-corrected chi connectivity index (χ4v) is 2.35. The largest absolute Gasteiger partial charge is 0.204 e. The Morgan fingerprint density at radius 1 is 0.870 bits per heavy atom. The zero-order chi connectivity index (χ0) is 15.9. The van der Waals surface area contributed by atoms with Crippen LogP contribution in [0.4, 0.5) is 0 Å². The number of aromatic nitrogens is 4. The van der Waals surface area contributed by atoms with Gasteiger partial charge in [0.1, 0.15) is 0 Å². The summed E-state index contributed by atoms with van der Waals surface area (Å²) in [5, 5.41) is 21.1. The summed E-state index contributed by atoms with van der Waals surface area (Å²) < 4.78 is 0. The highest BCUT2D eigenvalue weighted by Gasteiger charge is 2.06. The lowest BCUT2D eigenvalue weighted by atomic mass is 10.0. The van der Waals surface area contributed by atoms with E-state index in [1.807, 2.05) is 30.3 Å². The minimum absolute atomic E-state index is 0.572. The summed E-state index contributed by atoms with van der Waals surface area (Å²) in [7, 11) is 0. The van der Waals surface area contributed by atoms with Crippen molar-refractivity contribution in [2.75, 3.05) is 0 Å². The molecular weight excluding hydrogens is 286 g/mol. The summed E-state index contributed by atoms with van der Waals surface area (Å²) >= 11 is 0. The standard InChI is InChI=1S/C18H17N5/c19-13-5-2-6-14-23-21-18(20-22-23)17-11-9-16(10-12-17)15-7-3-1-4-8-15/h1,3-4,7-12H,2,5-6,14H2. The molecule has 1 aromatic heterocycles. The Morgan fingerprint density at radius 3 is 2.30 bits per heavy atom. The molecule has 0 fully saturated rings. The summed E-state index contributed by atoms with van der Waals surface area (Å²) in [6, 6.07) is 20.5. The Balaban J connectivity index is 1.68. The Kier molecular flexibility index (Phi) is 4.75. The van der Waals surface area contributed by atoms with Gasteiger partial charge in [0.2, 0.25) is 5.82 Å². The Hall–Kier alpha value is -3.00. The lowest BCUT2D eigenvalue weighted by Gasteiger charge is -2.02. The molecule has 0 N–H and O–H groups in total. The van der Waals surface area contributed by atoms with E-state index in [2.05, 4.69) is 45.7 Å². The summed E-state index contributed by atoms with van der Waals surface area (Å²) in [4.78, 5) is 1.60. The summed E-state index contributed by atoms with van der Waals surface area (Å²) in [5.41, 5.74) is 3.30. The predicted molar refractivity (Wildman–Crippen MR) is 88.2 cm³/mol. The molecule has 0 bridgehead atoms. The first kappa shape index (κ1) is 14.9. The van der Waals surface area contributed by atoms with E-state index in [4.69, 9.17) is 5.26 Å². The molecule has 0 saturated heterocycles. The molecule has 0 radical (unpaired) electrons. The normalized spacial score (nSPS) is 10.4. The van der Waals surface area contributed by atoms with Crippen molar-refractivity contribution >= 4 is 0 Å². The molecule has 114 valence electrons. The maximum Gasteiger partial charge on any atom is 0.204 e. The van der Waals surface area contributed by atoms with Gasteiger partial charge in [0.25, 0.3) is 0 Å². The highest BCUT2D eigenvalue weighted by molar-refractivity contribution is 5.67. The molecule has 0 aliphatic carbocycles. The molecule has 5 heteroatoms. The fraction of sp³-hybridized carbons (Fsp3) is 0.222. The van der Waals surface area contributed by atoms with Crippen molar-refractivity contribution in [1.82, 2.24) is 20.2 Å². The number of nitriles is 1. The maximum atomic E-state index is 8.52. The molecular formula is C18H17N5. The number of nitrogens with zero attached hydrogens (tertiary/aromatic N) is 5. The number of tetrazole rings is 1. The van der Waals surface area contributed by atoms with Gasteiger partial charge in [-0.05, 0) is 29.2 Å². The van der Waals surface area contributed by atoms with Crippen molar-refractivity contribution in [2.24, 2.45) is 0 Å². The minimum atomic E-state index is 0.572. The monoisotopic (exact) mass is 303 g/mol. The summed E-state index contributed by atoms with van der Waals surface area (Å²) in [6.07, 6.45) is 2.32. The van der Waals surface area contributed by atoms with E-state index < -0.39 is 0 Å². The van der Waals surface area contributed by atoms with E-state index in [1.165, 1.54) is 11.1 Å². The van der Waals surface area contributed by atoms with Crippen molar-refractivity contribution in [3.8, 4) is 28.6 Å². The molecule has 1 heterocycles. The SMILES string of the molecule is N#CCCCCn1nnc(-c2ccc(-c3ccccc3)cc2)n1. The maximum absolute atomic E-state index is 8.52. The Labute approximate surface area is 135 Å². The second kappa shape index (κ2) is 7.32. The van der Waals surface area contributed by atoms with E-state index in [1.54, 1.807) is 4.80 Å². The molecule has 0 atom stereocenters. The van der Waals surface area contributed by atoms with Gasteiger partial charge in [-0.25, -0.2) is 0 Å². The number of unbranched alkanes of at least 4 members (excludes halogenated alkanes) is 2. The van der Waals surface area contributed by atoms with Crippen LogP contribution in [-0.4, -0.2) is 20.2 Å². The van der Waals surface area contributed by atoms with Gasteiger partial charge in [-0.3, -0.25) is 0 Å². The van der Waals surface area contributed by atoms with E-state index in [0.29, 0.717) is 18.8 Å². The molecule has 5 nitrogen and oxygen atoms in total. The molecule has 0 amide bonds. The van der Waals surface area contributed by atoms with E-state index in [9.17, 15) is 0 Å². The van der Waals surface area contributed by atoms with Crippen molar-refractivity contribution in [1.29, 1.82) is 5.26 Å². The van der Waals surface area contributed by atoms with Gasteiger partial charge in [-0.15, -0.1) is 10.2 Å². The zero-order valence-electron chi connectivity index (χ0n) is 12.8. The van der Waals surface area contributed by atoms with Gasteiger partial charge in [-0.2, -0.15) is 10.1 Å². The first-order valence-electron chi connectivity index (χ1n) is 7.67. The Bertz CT molecular complexity index is 784. The van der Waals surface area contributed by atoms with Crippen molar-refractivity contribution < 1.29 is 0 Å². The molecule has 0 aliphatic heterocycles. The van der Waals surface area contributed by atoms with Crippen molar-refractivity contribution in [3.63, 3.8) is 0 Å². The average Bonchev–Trinajstić information content (AvgIpc) is 3.09. The van der Waals surface area contributed by atoms with Crippen LogP contribution in [0.15, 0.2) is 54.6 Å². The second-order valence-corrected chi connectivity index (χ2v) is 5.27. The van der Waals surface area contributed by atoms with Gasteiger partial charge in [-0.1, -0.05) is 54.6 Å². The van der Waals surface area contributed by atoms with E-state index in [0.717, 1.165) is 18.4 Å². The molecule has 0 spiro atoms. The van der Waals surface area contributed by atoms with Crippen LogP contribution in [0.25, 0.3) is 22.5 Å². The van der Waals surface area contributed by atoms with Crippen LogP contribution in [0, 0.1) is 11.3 Å². The number of rotatable bonds is 6. The average molecular weight is 303 g/mol. The van der Waals surface area contributed by atoms with Crippen molar-refractivity contribution in [2.45, 2.75) is 25.8 Å². The molecule has 0 aliphatic rings. The number of hydrogen-bond acceptors (Lipinski definition) is 4. The van der Waals surface area contributed by atoms with Crippen LogP contribution in [0.3, 0.4) is 0 Å². The quantitative estimate of drug-likeness (QED) is 0.651. The topological polar surface area (TPSA) is 67.4 Å². The van der Waals surface area contributed by atoms with Crippen LogP contribution in [0.1, 0.15) is 19.3 Å². The molecule has 2 aromatic carbocycles. The van der Waals surface area contributed by atoms with E-state index >= 15 is 0 Å². The summed E-state index contributed by atoms with van der Waals surface area (Å²) in [6.45, 7) is 0.691. The highest BCUT2D eigenvalue weighted by Crippen LogP contribution is 2.22. The highest BCUT2D eigenvalue weighted by atomic mass is 15.6. The van der Waals surface area contributed by atoms with Gasteiger partial charge in [0.05, 0.1) is 12.6 Å². The third-order valence-electron chi connectivity index (χ3n) is 3.60. The lowest BCUT2D eigenvalue weighted by molar-refractivity contribution is 0.490. The molecule has 0 saturated carbocycles. The van der Waals surface area contributed by atoms with Gasteiger partial charge in [0, 0.05) is 12.0 Å². The Morgan fingerprint density at radius 2 is 1.57 bits per heavy atom. The second-order valence-electron chi connectivity index (χ2n) is 5.27. The predicted octanol–water partition coefficient (Wildman–Crippen LogP) is 3.70. The fourth-order valence-electron chi connectivity index (χ4n) is 2.35. The zero-order valence-corrected chi connectivity index (χ0v) is 12.8. The van der Waals surface area contributed by atoms with Crippen LogP contribution in [0.5, 0.6) is 0 Å². The minimum Gasteiger partial charge on any atom is -0.198 e. The first-order valence-corrected chi connectivity index (χ1v) is 7.67. The number of hydrogen-bond donors (Lipinski definition) is 0. The first-order chi connectivity index (χ1) is 11.4. The van der Waals surface area contributed by atoms with E-state index in [-0.39, 0.29) is 0 Å². The van der Waals surface area contributed by atoms with Gasteiger partial charge >= 0.3 is 0 Å². The summed E-state index contributed by atoms with van der Waals surface area (Å²) in [5.74, 6) is 0.630. The van der Waals surface area contributed by atoms with Crippen LogP contribution >= 0.6 is 0 Å². The van der Waals surface area contributed by atoms with Crippen LogP contribution in [0.2, 0.25) is 0 Å². The lowest BCUT2D eigenvalue weighted by Crippen LogP contribution is -2.02. The molecule has 23 heavy (non-hydrogen) atoms. The molecule has 3 rings (SSSR count). The third-order valence-corrected chi connectivity index (χ3v) is 3.60. The van der Waals surface area contributed by atoms with Gasteiger partial charge in [0.15, 0.2) is 0 Å². The number of aryl methyl sites for hydroxylation is 1. The third kappa shape index (κ3) is 3.80. The van der Waals surface area contributed by atoms with Crippen LogP contribution in [-0.2, 0) is 6.54 Å². The molecule has 3 aromatic rings. The smallest absolute Gasteiger partial charge is 0.198 e. The number of benzene rings is 2. The molecule has 0 unspecified atom stereocenters. The van der Waals surface area contributed by atoms with Gasteiger partial charge < -0.3 is 0 Å². The van der Waals surface area contributed by atoms with Crippen LogP contribution < -0.4 is 0 Å². The van der Waals surface area contributed by atoms with Crippen molar-refractivity contribution in [3.05, 3.63) is 54.6 Å².